The van der Waals surface area contributed by atoms with Gasteiger partial charge in [0.25, 0.3) is 0 Å². The zero-order chi connectivity index (χ0) is 71.1. The number of nitrogens with one attached hydrogen (secondary N) is 1. The summed E-state index contributed by atoms with van der Waals surface area (Å²) in [6.45, 7) is 1.87. The molecule has 19 heteroatoms. The molecule has 17 unspecified atom stereocenters. The van der Waals surface area contributed by atoms with Crippen LogP contribution in [0.5, 0.6) is 0 Å². The van der Waals surface area contributed by atoms with E-state index in [4.69, 9.17) is 28.4 Å². The predicted octanol–water partition coefficient (Wildman–Crippen LogP) is 13.8. The summed E-state index contributed by atoms with van der Waals surface area (Å²) >= 11 is 0. The molecule has 3 heterocycles. The van der Waals surface area contributed by atoms with E-state index in [0.29, 0.717) is 12.8 Å². The van der Waals surface area contributed by atoms with E-state index in [1.165, 1.54) is 289 Å². The van der Waals surface area contributed by atoms with Crippen molar-refractivity contribution in [2.24, 2.45) is 0 Å². The first-order valence-corrected chi connectivity index (χ1v) is 41.3. The highest BCUT2D eigenvalue weighted by Crippen LogP contribution is 2.33. The zero-order valence-corrected chi connectivity index (χ0v) is 62.3. The van der Waals surface area contributed by atoms with Crippen LogP contribution in [-0.4, -0.2) is 193 Å². The van der Waals surface area contributed by atoms with E-state index in [1.54, 1.807) is 0 Å². The molecule has 0 aliphatic carbocycles. The summed E-state index contributed by atoms with van der Waals surface area (Å²) in [5, 5.41) is 121. The number of aliphatic hydroxyl groups excluding tert-OH is 11. The highest BCUT2D eigenvalue weighted by Gasteiger charge is 2.54. The van der Waals surface area contributed by atoms with E-state index in [-0.39, 0.29) is 18.9 Å². The van der Waals surface area contributed by atoms with E-state index < -0.39 is 124 Å². The Bertz CT molecular complexity index is 1770. The molecule has 582 valence electrons. The Morgan fingerprint density at radius 3 is 0.888 bits per heavy atom. The van der Waals surface area contributed by atoms with Gasteiger partial charge in [0, 0.05) is 6.42 Å². The van der Waals surface area contributed by atoms with Crippen molar-refractivity contribution < 1.29 is 89.4 Å². The van der Waals surface area contributed by atoms with Gasteiger partial charge < -0.3 is 89.9 Å². The van der Waals surface area contributed by atoms with Crippen LogP contribution in [0.2, 0.25) is 0 Å². The molecule has 0 radical (unpaired) electrons. The Hall–Kier alpha value is -1.21. The van der Waals surface area contributed by atoms with Gasteiger partial charge in [-0.15, -0.1) is 0 Å². The molecule has 0 saturated carbocycles. The Balaban J connectivity index is 1.31. The quantitative estimate of drug-likeness (QED) is 0.0252. The van der Waals surface area contributed by atoms with Gasteiger partial charge in [0.1, 0.15) is 73.2 Å². The van der Waals surface area contributed by atoms with Crippen LogP contribution in [0.4, 0.5) is 0 Å². The third-order valence-corrected chi connectivity index (χ3v) is 21.2. The number of ether oxygens (including phenoxy) is 6. The fraction of sp³-hybridized carbons (Fsp3) is 0.987. The number of amides is 1. The number of carbonyl (C=O) groups excluding carboxylic acids is 1. The Morgan fingerprint density at radius 1 is 0.327 bits per heavy atom. The topological polar surface area (TPSA) is 307 Å². The van der Waals surface area contributed by atoms with E-state index in [1.807, 2.05) is 0 Å². The number of unbranched alkanes of at least 4 members (excludes halogenated alkanes) is 51. The molecular formula is C79H153NO18. The largest absolute Gasteiger partial charge is 0.394 e. The summed E-state index contributed by atoms with van der Waals surface area (Å²) in [4.78, 5) is 13.5. The molecule has 0 aromatic rings. The lowest BCUT2D eigenvalue weighted by Gasteiger charge is -2.48. The lowest BCUT2D eigenvalue weighted by atomic mass is 9.96. The zero-order valence-electron chi connectivity index (χ0n) is 62.3. The molecule has 3 saturated heterocycles. The summed E-state index contributed by atoms with van der Waals surface area (Å²) in [6.07, 6.45) is 43.6. The van der Waals surface area contributed by atoms with Crippen molar-refractivity contribution in [1.82, 2.24) is 5.32 Å². The minimum absolute atomic E-state index is 0.233. The summed E-state index contributed by atoms with van der Waals surface area (Å²) < 4.78 is 34.5. The monoisotopic (exact) mass is 1400 g/mol. The second-order valence-corrected chi connectivity index (χ2v) is 30.0. The maximum absolute atomic E-state index is 13.5. The highest BCUT2D eigenvalue weighted by molar-refractivity contribution is 5.76. The minimum Gasteiger partial charge on any atom is -0.394 e. The number of carbonyl (C=O) groups is 1. The van der Waals surface area contributed by atoms with Crippen molar-refractivity contribution in [1.29, 1.82) is 0 Å². The van der Waals surface area contributed by atoms with E-state index in [2.05, 4.69) is 19.2 Å². The highest BCUT2D eigenvalue weighted by atomic mass is 16.8. The Kier molecular flexibility index (Phi) is 56.6. The Morgan fingerprint density at radius 2 is 0.582 bits per heavy atom. The first-order valence-electron chi connectivity index (χ1n) is 41.3. The van der Waals surface area contributed by atoms with Gasteiger partial charge in [-0.2, -0.15) is 0 Å². The summed E-state index contributed by atoms with van der Waals surface area (Å²) in [7, 11) is 0. The summed E-state index contributed by atoms with van der Waals surface area (Å²) in [6, 6.07) is -0.883. The van der Waals surface area contributed by atoms with Gasteiger partial charge in [-0.05, 0) is 12.8 Å². The van der Waals surface area contributed by atoms with Crippen LogP contribution in [0.3, 0.4) is 0 Å². The average Bonchev–Trinajstić information content (AvgIpc) is 0.785. The number of rotatable bonds is 67. The predicted molar refractivity (Wildman–Crippen MR) is 388 cm³/mol. The molecule has 3 aliphatic heterocycles. The number of hydrogen-bond donors (Lipinski definition) is 12. The van der Waals surface area contributed by atoms with Gasteiger partial charge in [0.15, 0.2) is 18.9 Å². The molecule has 3 rings (SSSR count). The summed E-state index contributed by atoms with van der Waals surface area (Å²) in [5.74, 6) is -0.233. The SMILES string of the molecule is CCCCCCCCCCCCCCCCCCCCCCCCCCCCCCCCCCCCCC(=O)NC(COC1OC(CO)C(OC2OC(CO)C(OC3OC(CO)C(O)C(O)C3O)C(O)C2O)C(O)C1O)C(O)CCCCCCCCCCCCCCCCCCCC. The fourth-order valence-corrected chi connectivity index (χ4v) is 14.6. The second kappa shape index (κ2) is 61.0. The molecule has 1 amide bonds. The number of hydrogen-bond acceptors (Lipinski definition) is 18. The van der Waals surface area contributed by atoms with Crippen LogP contribution in [-0.2, 0) is 33.2 Å². The number of aliphatic hydroxyl groups is 11. The molecule has 17 atom stereocenters. The Labute approximate surface area is 595 Å². The average molecular weight is 1410 g/mol. The maximum Gasteiger partial charge on any atom is 0.220 e. The van der Waals surface area contributed by atoms with Gasteiger partial charge >= 0.3 is 0 Å². The molecule has 19 nitrogen and oxygen atoms in total. The van der Waals surface area contributed by atoms with Crippen molar-refractivity contribution in [3.05, 3.63) is 0 Å². The van der Waals surface area contributed by atoms with E-state index >= 15 is 0 Å². The molecule has 3 aliphatic rings. The van der Waals surface area contributed by atoms with Crippen molar-refractivity contribution in [2.45, 2.75) is 471 Å². The van der Waals surface area contributed by atoms with Crippen molar-refractivity contribution in [3.63, 3.8) is 0 Å². The molecule has 0 bridgehead atoms. The standard InChI is InChI=1S/C79H153NO18/c1-3-5-7-9-11-13-15-17-19-21-23-24-25-26-27-28-29-30-31-32-33-34-35-36-37-38-39-41-43-45-47-49-51-53-55-57-67(85)80-62(63(84)56-54-52-50-48-46-44-42-40-22-20-18-16-14-12-10-8-6-4-2)61-93-77-73(91)70(88)75(65(59-82)95-77)98-79-74(92)71(89)76(66(60-83)96-79)97-78-72(90)69(87)68(86)64(58-81)94-78/h62-66,68-79,81-84,86-92H,3-61H2,1-2H3,(H,80,85). The van der Waals surface area contributed by atoms with Gasteiger partial charge in [-0.25, -0.2) is 0 Å². The minimum atomic E-state index is -1.97. The fourth-order valence-electron chi connectivity index (χ4n) is 14.6. The van der Waals surface area contributed by atoms with Gasteiger partial charge in [0.2, 0.25) is 5.91 Å². The molecule has 3 fully saturated rings. The molecule has 0 spiro atoms. The van der Waals surface area contributed by atoms with Crippen molar-refractivity contribution in [2.75, 3.05) is 26.4 Å². The first-order chi connectivity index (χ1) is 47.8. The van der Waals surface area contributed by atoms with Crippen LogP contribution in [0.1, 0.15) is 367 Å². The van der Waals surface area contributed by atoms with Gasteiger partial charge in [-0.3, -0.25) is 4.79 Å². The molecular weight excluding hydrogens is 1250 g/mol. The maximum atomic E-state index is 13.5. The van der Waals surface area contributed by atoms with E-state index in [9.17, 15) is 61.0 Å². The van der Waals surface area contributed by atoms with Crippen LogP contribution < -0.4 is 5.32 Å². The van der Waals surface area contributed by atoms with Gasteiger partial charge in [0.05, 0.1) is 38.6 Å². The summed E-state index contributed by atoms with van der Waals surface area (Å²) in [5.41, 5.74) is 0. The van der Waals surface area contributed by atoms with Crippen LogP contribution in [0.15, 0.2) is 0 Å². The smallest absolute Gasteiger partial charge is 0.220 e. The normalized spacial score (nSPS) is 26.6. The molecule has 0 aromatic carbocycles. The first kappa shape index (κ1) is 91.0. The lowest BCUT2D eigenvalue weighted by Crippen LogP contribution is -2.66. The van der Waals surface area contributed by atoms with Crippen LogP contribution >= 0.6 is 0 Å². The molecule has 12 N–H and O–H groups in total. The van der Waals surface area contributed by atoms with Gasteiger partial charge in [-0.1, -0.05) is 348 Å². The third kappa shape index (κ3) is 40.9. The van der Waals surface area contributed by atoms with Crippen molar-refractivity contribution in [3.8, 4) is 0 Å². The van der Waals surface area contributed by atoms with E-state index in [0.717, 1.165) is 44.9 Å². The van der Waals surface area contributed by atoms with Crippen LogP contribution in [0.25, 0.3) is 0 Å². The third-order valence-electron chi connectivity index (χ3n) is 21.2. The molecule has 98 heavy (non-hydrogen) atoms. The van der Waals surface area contributed by atoms with Crippen LogP contribution in [0, 0.1) is 0 Å². The molecule has 0 aromatic heterocycles. The van der Waals surface area contributed by atoms with Crippen molar-refractivity contribution >= 4 is 5.91 Å². The second-order valence-electron chi connectivity index (χ2n) is 30.0. The lowest BCUT2D eigenvalue weighted by molar-refractivity contribution is -0.379.